The van der Waals surface area contributed by atoms with Crippen molar-refractivity contribution in [1.29, 1.82) is 0 Å². The minimum Gasteiger partial charge on any atom is -0.317 e. The number of pyridine rings is 2. The van der Waals surface area contributed by atoms with Gasteiger partial charge < -0.3 is 4.98 Å². The number of fused-ring (bicyclic) bond motifs is 1. The first-order chi connectivity index (χ1) is 6.18. The van der Waals surface area contributed by atoms with Gasteiger partial charge in [0.25, 0.3) is 5.56 Å². The van der Waals surface area contributed by atoms with E-state index in [1.54, 1.807) is 0 Å². The maximum absolute atomic E-state index is 11.4. The summed E-state index contributed by atoms with van der Waals surface area (Å²) in [7, 11) is 0. The first-order valence-corrected chi connectivity index (χ1v) is 4.96. The summed E-state index contributed by atoms with van der Waals surface area (Å²) in [6, 6.07) is 1.82. The molecule has 0 aromatic carbocycles. The lowest BCUT2D eigenvalue weighted by Crippen LogP contribution is -2.07. The van der Waals surface area contributed by atoms with Crippen molar-refractivity contribution in [2.75, 3.05) is 0 Å². The van der Waals surface area contributed by atoms with Gasteiger partial charge >= 0.3 is 0 Å². The summed E-state index contributed by atoms with van der Waals surface area (Å²) >= 11 is 7.92. The Hall–Kier alpha value is -0.620. The number of aromatic amines is 1. The Kier molecular flexibility index (Phi) is 2.25. The predicted octanol–water partition coefficient (Wildman–Crippen LogP) is 2.18. The van der Waals surface area contributed by atoms with E-state index in [0.29, 0.717) is 10.4 Å². The zero-order chi connectivity index (χ0) is 9.42. The second kappa shape index (κ2) is 3.26. The number of nitrogens with one attached hydrogen (secondary N) is 1. The summed E-state index contributed by atoms with van der Waals surface area (Å²) in [5.74, 6) is 0. The van der Waals surface area contributed by atoms with Gasteiger partial charge in [0.1, 0.15) is 0 Å². The molecule has 2 aromatic heterocycles. The van der Waals surface area contributed by atoms with Crippen LogP contribution in [0.25, 0.3) is 10.8 Å². The van der Waals surface area contributed by atoms with Crippen LogP contribution in [0.2, 0.25) is 5.02 Å². The molecule has 13 heavy (non-hydrogen) atoms. The van der Waals surface area contributed by atoms with Crippen LogP contribution in [0.1, 0.15) is 0 Å². The highest BCUT2D eigenvalue weighted by Crippen LogP contribution is 2.19. The Morgan fingerprint density at radius 2 is 2.15 bits per heavy atom. The molecule has 0 aliphatic rings. The van der Waals surface area contributed by atoms with E-state index < -0.39 is 0 Å². The van der Waals surface area contributed by atoms with Crippen molar-refractivity contribution in [3.8, 4) is 0 Å². The molecule has 0 radical (unpaired) electrons. The third-order valence-corrected chi connectivity index (χ3v) is 2.57. The first-order valence-electron chi connectivity index (χ1n) is 3.50. The summed E-state index contributed by atoms with van der Waals surface area (Å²) in [6.45, 7) is 0. The van der Waals surface area contributed by atoms with Crippen molar-refractivity contribution >= 4 is 45.0 Å². The molecule has 0 saturated carbocycles. The van der Waals surface area contributed by atoms with Crippen molar-refractivity contribution in [2.45, 2.75) is 0 Å². The van der Waals surface area contributed by atoms with E-state index in [-0.39, 0.29) is 5.56 Å². The van der Waals surface area contributed by atoms with E-state index in [9.17, 15) is 4.79 Å². The van der Waals surface area contributed by atoms with Gasteiger partial charge in [-0.2, -0.15) is 0 Å². The SMILES string of the molecule is O=c1[nH]c(I)cc2c(Cl)cncc12. The predicted molar refractivity (Wildman–Crippen MR) is 60.1 cm³/mol. The van der Waals surface area contributed by atoms with Crippen LogP contribution < -0.4 is 5.56 Å². The Labute approximate surface area is 92.3 Å². The van der Waals surface area contributed by atoms with Gasteiger partial charge in [0.05, 0.1) is 14.1 Å². The number of H-pyrrole nitrogens is 1. The molecular formula is C8H4ClIN2O. The van der Waals surface area contributed by atoms with E-state index in [2.05, 4.69) is 9.97 Å². The van der Waals surface area contributed by atoms with Gasteiger partial charge in [-0.05, 0) is 28.7 Å². The lowest BCUT2D eigenvalue weighted by atomic mass is 10.2. The fourth-order valence-corrected chi connectivity index (χ4v) is 1.88. The normalized spacial score (nSPS) is 10.6. The second-order valence-electron chi connectivity index (χ2n) is 2.53. The van der Waals surface area contributed by atoms with E-state index in [0.717, 1.165) is 9.09 Å². The largest absolute Gasteiger partial charge is 0.317 e. The molecule has 0 unspecified atom stereocenters. The molecule has 3 nitrogen and oxygen atoms in total. The fourth-order valence-electron chi connectivity index (χ4n) is 1.11. The monoisotopic (exact) mass is 306 g/mol. The van der Waals surface area contributed by atoms with Crippen LogP contribution in [-0.4, -0.2) is 9.97 Å². The summed E-state index contributed by atoms with van der Waals surface area (Å²) in [6.07, 6.45) is 3.04. The van der Waals surface area contributed by atoms with E-state index in [1.807, 2.05) is 28.7 Å². The quantitative estimate of drug-likeness (QED) is 0.599. The summed E-state index contributed by atoms with van der Waals surface area (Å²) < 4.78 is 0.767. The highest BCUT2D eigenvalue weighted by Gasteiger charge is 2.03. The van der Waals surface area contributed by atoms with Crippen molar-refractivity contribution in [3.63, 3.8) is 0 Å². The van der Waals surface area contributed by atoms with Crippen LogP contribution in [0.15, 0.2) is 23.3 Å². The van der Waals surface area contributed by atoms with Gasteiger partial charge in [0.15, 0.2) is 0 Å². The number of nitrogens with zero attached hydrogens (tertiary/aromatic N) is 1. The Balaban J connectivity index is 3.03. The zero-order valence-electron chi connectivity index (χ0n) is 6.34. The second-order valence-corrected chi connectivity index (χ2v) is 4.10. The van der Waals surface area contributed by atoms with E-state index in [4.69, 9.17) is 11.6 Å². The molecule has 1 N–H and O–H groups in total. The third-order valence-electron chi connectivity index (χ3n) is 1.69. The van der Waals surface area contributed by atoms with Crippen molar-refractivity contribution in [1.82, 2.24) is 9.97 Å². The maximum Gasteiger partial charge on any atom is 0.258 e. The molecule has 0 atom stereocenters. The molecule has 0 bridgehead atoms. The molecule has 66 valence electrons. The highest BCUT2D eigenvalue weighted by atomic mass is 127. The lowest BCUT2D eigenvalue weighted by Gasteiger charge is -1.98. The Morgan fingerprint density at radius 3 is 2.92 bits per heavy atom. The van der Waals surface area contributed by atoms with Crippen LogP contribution in [0.4, 0.5) is 0 Å². The minimum atomic E-state index is -0.156. The van der Waals surface area contributed by atoms with Gasteiger partial charge in [-0.1, -0.05) is 11.6 Å². The molecule has 0 spiro atoms. The highest BCUT2D eigenvalue weighted by molar-refractivity contribution is 14.1. The van der Waals surface area contributed by atoms with E-state index in [1.165, 1.54) is 12.4 Å². The standard InChI is InChI=1S/C8H4ClIN2O/c9-6-3-11-2-5-4(6)1-7(10)12-8(5)13/h1-3H,(H,12,13). The van der Waals surface area contributed by atoms with Crippen LogP contribution >= 0.6 is 34.2 Å². The number of hydrogen-bond acceptors (Lipinski definition) is 2. The van der Waals surface area contributed by atoms with Crippen LogP contribution in [-0.2, 0) is 0 Å². The van der Waals surface area contributed by atoms with Crippen molar-refractivity contribution in [2.24, 2.45) is 0 Å². The molecule has 0 aliphatic heterocycles. The molecule has 0 saturated heterocycles. The Bertz CT molecular complexity index is 523. The lowest BCUT2D eigenvalue weighted by molar-refractivity contribution is 1.21. The smallest absolute Gasteiger partial charge is 0.258 e. The van der Waals surface area contributed by atoms with Crippen molar-refractivity contribution < 1.29 is 0 Å². The van der Waals surface area contributed by atoms with Gasteiger partial charge in [-0.15, -0.1) is 0 Å². The summed E-state index contributed by atoms with van der Waals surface area (Å²) in [5, 5.41) is 1.76. The number of rotatable bonds is 0. The zero-order valence-corrected chi connectivity index (χ0v) is 9.26. The molecule has 0 fully saturated rings. The average Bonchev–Trinajstić information content (AvgIpc) is 2.07. The molecule has 0 aliphatic carbocycles. The van der Waals surface area contributed by atoms with Gasteiger partial charge in [0.2, 0.25) is 0 Å². The van der Waals surface area contributed by atoms with Gasteiger partial charge in [0, 0.05) is 17.8 Å². The van der Waals surface area contributed by atoms with Crippen molar-refractivity contribution in [3.05, 3.63) is 37.5 Å². The minimum absolute atomic E-state index is 0.156. The molecule has 2 heterocycles. The van der Waals surface area contributed by atoms with Crippen LogP contribution in [0, 0.1) is 3.70 Å². The summed E-state index contributed by atoms with van der Waals surface area (Å²) in [5.41, 5.74) is -0.156. The average molecular weight is 306 g/mol. The Morgan fingerprint density at radius 1 is 1.38 bits per heavy atom. The topological polar surface area (TPSA) is 45.8 Å². The molecule has 5 heteroatoms. The number of aromatic nitrogens is 2. The summed E-state index contributed by atoms with van der Waals surface area (Å²) in [4.78, 5) is 17.9. The molecular weight excluding hydrogens is 302 g/mol. The molecule has 2 aromatic rings. The van der Waals surface area contributed by atoms with Crippen LogP contribution in [0.5, 0.6) is 0 Å². The first kappa shape index (κ1) is 8.96. The number of hydrogen-bond donors (Lipinski definition) is 1. The van der Waals surface area contributed by atoms with Crippen LogP contribution in [0.3, 0.4) is 0 Å². The number of halogens is 2. The third kappa shape index (κ3) is 1.55. The molecule has 2 rings (SSSR count). The maximum atomic E-state index is 11.4. The van der Waals surface area contributed by atoms with E-state index >= 15 is 0 Å². The van der Waals surface area contributed by atoms with Gasteiger partial charge in [-0.25, -0.2) is 0 Å². The van der Waals surface area contributed by atoms with Gasteiger partial charge in [-0.3, -0.25) is 9.78 Å². The fraction of sp³-hybridized carbons (Fsp3) is 0. The molecule has 0 amide bonds.